The van der Waals surface area contributed by atoms with Crippen LogP contribution in [0.15, 0.2) is 179 Å². The molecule has 4 nitrogen and oxygen atoms in total. The smallest absolute Gasteiger partial charge is 0.228 e. The SMILES string of the molecule is c1cc(-c2ccc3ccccc3c2)cc(N(c2ccc3c(c2)oc2cccc(-c4nc5ccccc5o4)c23)c2ccc3sc4ccccc4c3c2)c1. The van der Waals surface area contributed by atoms with Crippen molar-refractivity contribution in [1.29, 1.82) is 0 Å². The quantitative estimate of drug-likeness (QED) is 0.181. The third kappa shape index (κ3) is 4.64. The second kappa shape index (κ2) is 11.4. The van der Waals surface area contributed by atoms with Gasteiger partial charge in [-0.3, -0.25) is 0 Å². The number of aromatic nitrogens is 1. The second-order valence-corrected chi connectivity index (χ2v) is 14.3. The van der Waals surface area contributed by atoms with Gasteiger partial charge in [-0.15, -0.1) is 11.3 Å². The molecule has 0 aliphatic heterocycles. The Hall–Kier alpha value is -6.69. The number of rotatable bonds is 5. The summed E-state index contributed by atoms with van der Waals surface area (Å²) < 4.78 is 15.4. The van der Waals surface area contributed by atoms with Crippen molar-refractivity contribution in [1.82, 2.24) is 4.98 Å². The van der Waals surface area contributed by atoms with E-state index in [9.17, 15) is 0 Å². The van der Waals surface area contributed by atoms with Gasteiger partial charge in [-0.05, 0) is 101 Å². The van der Waals surface area contributed by atoms with Crippen LogP contribution in [0, 0.1) is 0 Å². The Labute approximate surface area is 302 Å². The van der Waals surface area contributed by atoms with Gasteiger partial charge in [-0.2, -0.15) is 0 Å². The molecule has 5 heteroatoms. The number of hydrogen-bond donors (Lipinski definition) is 0. The van der Waals surface area contributed by atoms with Gasteiger partial charge in [0.2, 0.25) is 5.89 Å². The average molecular weight is 685 g/mol. The Bertz CT molecular complexity index is 3130. The highest BCUT2D eigenvalue weighted by Crippen LogP contribution is 2.44. The second-order valence-electron chi connectivity index (χ2n) is 13.2. The van der Waals surface area contributed by atoms with Crippen molar-refractivity contribution in [3.63, 3.8) is 0 Å². The Morgan fingerprint density at radius 1 is 0.442 bits per heavy atom. The number of thiophene rings is 1. The zero-order valence-electron chi connectivity index (χ0n) is 27.8. The van der Waals surface area contributed by atoms with Crippen molar-refractivity contribution >= 4 is 92.4 Å². The van der Waals surface area contributed by atoms with Crippen molar-refractivity contribution in [2.45, 2.75) is 0 Å². The lowest BCUT2D eigenvalue weighted by Gasteiger charge is -2.26. The monoisotopic (exact) mass is 684 g/mol. The van der Waals surface area contributed by atoms with Crippen molar-refractivity contribution in [3.05, 3.63) is 170 Å². The first-order valence-corrected chi connectivity index (χ1v) is 18.2. The summed E-state index contributed by atoms with van der Waals surface area (Å²) in [5.74, 6) is 0.585. The molecule has 0 saturated carbocycles. The van der Waals surface area contributed by atoms with Gasteiger partial charge < -0.3 is 13.7 Å². The van der Waals surface area contributed by atoms with Crippen LogP contribution in [-0.4, -0.2) is 4.98 Å². The maximum atomic E-state index is 6.61. The molecular weight excluding hydrogens is 657 g/mol. The number of oxazole rings is 1. The molecule has 11 rings (SSSR count). The van der Waals surface area contributed by atoms with E-state index >= 15 is 0 Å². The van der Waals surface area contributed by atoms with E-state index in [0.717, 1.165) is 61.2 Å². The highest BCUT2D eigenvalue weighted by molar-refractivity contribution is 7.25. The van der Waals surface area contributed by atoms with Gasteiger partial charge in [0.05, 0.1) is 0 Å². The Balaban J connectivity index is 1.10. The summed E-state index contributed by atoms with van der Waals surface area (Å²) in [6.45, 7) is 0. The highest BCUT2D eigenvalue weighted by atomic mass is 32.1. The number of nitrogens with zero attached hydrogens (tertiary/aromatic N) is 2. The van der Waals surface area contributed by atoms with E-state index in [1.807, 2.05) is 47.7 Å². The zero-order valence-corrected chi connectivity index (χ0v) is 28.6. The maximum absolute atomic E-state index is 6.61. The van der Waals surface area contributed by atoms with Crippen molar-refractivity contribution in [2.24, 2.45) is 0 Å². The molecular formula is C47H28N2O2S. The van der Waals surface area contributed by atoms with Crippen LogP contribution in [0.5, 0.6) is 0 Å². The van der Waals surface area contributed by atoms with Crippen LogP contribution < -0.4 is 4.90 Å². The number of hydrogen-bond acceptors (Lipinski definition) is 5. The lowest BCUT2D eigenvalue weighted by Crippen LogP contribution is -2.09. The van der Waals surface area contributed by atoms with Crippen molar-refractivity contribution in [2.75, 3.05) is 4.90 Å². The summed E-state index contributed by atoms with van der Waals surface area (Å²) in [7, 11) is 0. The number of fused-ring (bicyclic) bond motifs is 8. The molecule has 0 radical (unpaired) electrons. The van der Waals surface area contributed by atoms with Gasteiger partial charge in [0.15, 0.2) is 5.58 Å². The number of anilines is 3. The lowest BCUT2D eigenvalue weighted by atomic mass is 10.0. The van der Waals surface area contributed by atoms with Gasteiger partial charge in [0.25, 0.3) is 0 Å². The van der Waals surface area contributed by atoms with E-state index in [1.54, 1.807) is 0 Å². The van der Waals surface area contributed by atoms with E-state index in [4.69, 9.17) is 13.8 Å². The molecule has 8 aromatic carbocycles. The fraction of sp³-hybridized carbons (Fsp3) is 0. The first-order valence-electron chi connectivity index (χ1n) is 17.4. The predicted molar refractivity (Wildman–Crippen MR) is 217 cm³/mol. The van der Waals surface area contributed by atoms with E-state index in [-0.39, 0.29) is 0 Å². The number of benzene rings is 8. The fourth-order valence-corrected chi connectivity index (χ4v) is 8.70. The number of para-hydroxylation sites is 2. The molecule has 0 atom stereocenters. The highest BCUT2D eigenvalue weighted by Gasteiger charge is 2.20. The normalized spacial score (nSPS) is 11.8. The minimum absolute atomic E-state index is 0.585. The van der Waals surface area contributed by atoms with Crippen LogP contribution >= 0.6 is 11.3 Å². The largest absolute Gasteiger partial charge is 0.456 e. The van der Waals surface area contributed by atoms with E-state index in [1.165, 1.54) is 36.5 Å². The Morgan fingerprint density at radius 3 is 2.15 bits per heavy atom. The van der Waals surface area contributed by atoms with Crippen LogP contribution in [0.1, 0.15) is 0 Å². The molecule has 244 valence electrons. The molecule has 52 heavy (non-hydrogen) atoms. The van der Waals surface area contributed by atoms with Gasteiger partial charge >= 0.3 is 0 Å². The van der Waals surface area contributed by atoms with E-state index in [2.05, 4.69) is 138 Å². The molecule has 0 aliphatic carbocycles. The Kier molecular flexibility index (Phi) is 6.39. The average Bonchev–Trinajstić information content (AvgIpc) is 3.91. The molecule has 0 saturated heterocycles. The van der Waals surface area contributed by atoms with Gasteiger partial charge in [-0.1, -0.05) is 84.9 Å². The van der Waals surface area contributed by atoms with Crippen LogP contribution in [-0.2, 0) is 0 Å². The molecule has 11 aromatic rings. The first-order chi connectivity index (χ1) is 25.7. The van der Waals surface area contributed by atoms with Crippen LogP contribution in [0.3, 0.4) is 0 Å². The molecule has 0 bridgehead atoms. The third-order valence-corrected chi connectivity index (χ3v) is 11.2. The summed E-state index contributed by atoms with van der Waals surface area (Å²) in [4.78, 5) is 7.16. The van der Waals surface area contributed by atoms with Crippen molar-refractivity contribution < 1.29 is 8.83 Å². The number of furan rings is 1. The van der Waals surface area contributed by atoms with Gasteiger partial charge in [0, 0.05) is 59.6 Å². The minimum atomic E-state index is 0.585. The van der Waals surface area contributed by atoms with Crippen molar-refractivity contribution in [3.8, 4) is 22.6 Å². The third-order valence-electron chi connectivity index (χ3n) is 10.1. The van der Waals surface area contributed by atoms with E-state index < -0.39 is 0 Å². The van der Waals surface area contributed by atoms with Crippen LogP contribution in [0.25, 0.3) is 86.6 Å². The zero-order chi connectivity index (χ0) is 34.2. The fourth-order valence-electron chi connectivity index (χ4n) is 7.61. The summed E-state index contributed by atoms with van der Waals surface area (Å²) in [6.07, 6.45) is 0. The molecule has 0 fully saturated rings. The summed E-state index contributed by atoms with van der Waals surface area (Å²) >= 11 is 1.83. The standard InChI is InChI=1S/C47H28N2O2S/c1-2-10-30-25-32(20-19-29(30)9-1)31-11-7-12-33(26-31)49(34-22-24-45-39(27-34)36-13-3-6-18-44(36)52-45)35-21-23-37-43(28-35)50-42-17-8-14-38(46(37)42)47-48-40-15-4-5-16-41(40)51-47/h1-28H. The molecule has 0 unspecified atom stereocenters. The van der Waals surface area contributed by atoms with Crippen LogP contribution in [0.2, 0.25) is 0 Å². The molecule has 3 heterocycles. The molecule has 0 spiro atoms. The summed E-state index contributed by atoms with van der Waals surface area (Å²) in [5.41, 5.74) is 9.59. The lowest BCUT2D eigenvalue weighted by molar-refractivity contribution is 0.620. The topological polar surface area (TPSA) is 42.4 Å². The molecule has 0 amide bonds. The van der Waals surface area contributed by atoms with Gasteiger partial charge in [-0.25, -0.2) is 4.98 Å². The summed E-state index contributed by atoms with van der Waals surface area (Å²) in [6, 6.07) is 59.9. The summed E-state index contributed by atoms with van der Waals surface area (Å²) in [5, 5.41) is 6.99. The maximum Gasteiger partial charge on any atom is 0.228 e. The van der Waals surface area contributed by atoms with Gasteiger partial charge in [0.1, 0.15) is 16.7 Å². The van der Waals surface area contributed by atoms with Crippen LogP contribution in [0.4, 0.5) is 17.1 Å². The molecule has 0 aliphatic rings. The van der Waals surface area contributed by atoms with E-state index in [0.29, 0.717) is 5.89 Å². The Morgan fingerprint density at radius 2 is 1.19 bits per heavy atom. The molecule has 0 N–H and O–H groups in total. The predicted octanol–water partition coefficient (Wildman–Crippen LogP) is 14.1. The molecule has 3 aromatic heterocycles. The minimum Gasteiger partial charge on any atom is -0.456 e. The first kappa shape index (κ1) is 29.1.